The number of nitrogens with zero attached hydrogens (tertiary/aromatic N) is 3. The van der Waals surface area contributed by atoms with Gasteiger partial charge in [0.05, 0.1) is 12.1 Å². The number of benzene rings is 2. The van der Waals surface area contributed by atoms with E-state index in [4.69, 9.17) is 0 Å². The van der Waals surface area contributed by atoms with E-state index in [0.29, 0.717) is 5.69 Å². The monoisotopic (exact) mass is 410 g/mol. The molecule has 1 N–H and O–H groups in total. The number of halogens is 1. The van der Waals surface area contributed by atoms with Crippen LogP contribution in [0.2, 0.25) is 0 Å². The van der Waals surface area contributed by atoms with Gasteiger partial charge in [0.15, 0.2) is 0 Å². The Balaban J connectivity index is 1.33. The van der Waals surface area contributed by atoms with Crippen LogP contribution < -0.4 is 10.2 Å². The molecule has 0 radical (unpaired) electrons. The molecule has 7 heteroatoms. The zero-order chi connectivity index (χ0) is 20.2. The molecule has 1 aliphatic heterocycles. The topological polar surface area (TPSA) is 48.5 Å². The first-order valence-electron chi connectivity index (χ1n) is 9.60. The number of thiazole rings is 1. The molecule has 0 bridgehead atoms. The van der Waals surface area contributed by atoms with Crippen molar-refractivity contribution in [3.8, 4) is 10.6 Å². The number of hydrogen-bond donors (Lipinski definition) is 1. The summed E-state index contributed by atoms with van der Waals surface area (Å²) in [5, 5.41) is 5.59. The molecule has 0 unspecified atom stereocenters. The van der Waals surface area contributed by atoms with E-state index in [1.54, 1.807) is 12.1 Å². The quantitative estimate of drug-likeness (QED) is 0.694. The molecule has 0 spiro atoms. The SMILES string of the molecule is CN1CCN(c2ccc(NC(=O)Cc3csc(-c4ccc(F)cc4)n3)cc2)CC1. The van der Waals surface area contributed by atoms with Gasteiger partial charge >= 0.3 is 0 Å². The molecule has 1 saturated heterocycles. The molecule has 29 heavy (non-hydrogen) atoms. The van der Waals surface area contributed by atoms with E-state index in [1.165, 1.54) is 29.2 Å². The molecule has 5 nitrogen and oxygen atoms in total. The van der Waals surface area contributed by atoms with Crippen LogP contribution in [0.1, 0.15) is 5.69 Å². The van der Waals surface area contributed by atoms with Gasteiger partial charge in [-0.3, -0.25) is 4.79 Å². The van der Waals surface area contributed by atoms with Gasteiger partial charge in [0, 0.05) is 48.5 Å². The molecule has 0 aliphatic carbocycles. The number of hydrogen-bond acceptors (Lipinski definition) is 5. The summed E-state index contributed by atoms with van der Waals surface area (Å²) >= 11 is 1.45. The van der Waals surface area contributed by atoms with Gasteiger partial charge in [-0.2, -0.15) is 0 Å². The molecule has 2 aromatic carbocycles. The van der Waals surface area contributed by atoms with Crippen LogP contribution in [-0.2, 0) is 11.2 Å². The first-order chi connectivity index (χ1) is 14.1. The maximum atomic E-state index is 13.1. The summed E-state index contributed by atoms with van der Waals surface area (Å²) in [4.78, 5) is 21.6. The van der Waals surface area contributed by atoms with Crippen LogP contribution in [0.5, 0.6) is 0 Å². The molecule has 2 heterocycles. The minimum atomic E-state index is -0.274. The zero-order valence-corrected chi connectivity index (χ0v) is 17.1. The lowest BCUT2D eigenvalue weighted by Crippen LogP contribution is -2.44. The molecule has 150 valence electrons. The van der Waals surface area contributed by atoms with Crippen molar-refractivity contribution in [1.29, 1.82) is 0 Å². The summed E-state index contributed by atoms with van der Waals surface area (Å²) in [7, 11) is 2.14. The molecule has 1 amide bonds. The first-order valence-corrected chi connectivity index (χ1v) is 10.5. The molecule has 1 fully saturated rings. The second-order valence-corrected chi connectivity index (χ2v) is 8.07. The summed E-state index contributed by atoms with van der Waals surface area (Å²) < 4.78 is 13.1. The molecular formula is C22H23FN4OS. The van der Waals surface area contributed by atoms with Gasteiger partial charge in [-0.1, -0.05) is 0 Å². The smallest absolute Gasteiger partial charge is 0.230 e. The van der Waals surface area contributed by atoms with Crippen LogP contribution in [0.25, 0.3) is 10.6 Å². The van der Waals surface area contributed by atoms with Crippen LogP contribution in [0.4, 0.5) is 15.8 Å². The maximum Gasteiger partial charge on any atom is 0.230 e. The average molecular weight is 411 g/mol. The van der Waals surface area contributed by atoms with Crippen LogP contribution >= 0.6 is 11.3 Å². The number of rotatable bonds is 5. The van der Waals surface area contributed by atoms with Crippen molar-refractivity contribution in [2.75, 3.05) is 43.4 Å². The van der Waals surface area contributed by atoms with E-state index in [0.717, 1.165) is 42.4 Å². The Morgan fingerprint density at radius 3 is 2.45 bits per heavy atom. The van der Waals surface area contributed by atoms with E-state index in [-0.39, 0.29) is 18.1 Å². The third kappa shape index (κ3) is 4.99. The van der Waals surface area contributed by atoms with Crippen molar-refractivity contribution in [3.05, 3.63) is 65.4 Å². The lowest BCUT2D eigenvalue weighted by Gasteiger charge is -2.34. The standard InChI is InChI=1S/C22H23FN4OS/c1-26-10-12-27(13-11-26)20-8-6-18(7-9-20)24-21(28)14-19-15-29-22(25-19)16-2-4-17(23)5-3-16/h2-9,15H,10-14H2,1H3,(H,24,28). The van der Waals surface area contributed by atoms with E-state index in [2.05, 4.69) is 39.3 Å². The zero-order valence-electron chi connectivity index (χ0n) is 16.3. The second-order valence-electron chi connectivity index (χ2n) is 7.21. The van der Waals surface area contributed by atoms with E-state index < -0.39 is 0 Å². The van der Waals surface area contributed by atoms with Gasteiger partial charge in [-0.05, 0) is 55.6 Å². The van der Waals surface area contributed by atoms with Gasteiger partial charge in [0.25, 0.3) is 0 Å². The second kappa shape index (κ2) is 8.71. The van der Waals surface area contributed by atoms with Gasteiger partial charge in [-0.15, -0.1) is 11.3 Å². The Labute approximate surface area is 173 Å². The minimum Gasteiger partial charge on any atom is -0.369 e. The highest BCUT2D eigenvalue weighted by molar-refractivity contribution is 7.13. The molecule has 0 saturated carbocycles. The van der Waals surface area contributed by atoms with Crippen molar-refractivity contribution in [1.82, 2.24) is 9.88 Å². The van der Waals surface area contributed by atoms with Crippen LogP contribution in [-0.4, -0.2) is 49.0 Å². The fourth-order valence-corrected chi connectivity index (χ4v) is 4.13. The number of piperazine rings is 1. The van der Waals surface area contributed by atoms with Gasteiger partial charge in [0.2, 0.25) is 5.91 Å². The van der Waals surface area contributed by atoms with Gasteiger partial charge in [-0.25, -0.2) is 9.37 Å². The number of likely N-dealkylation sites (N-methyl/N-ethyl adjacent to an activating group) is 1. The largest absolute Gasteiger partial charge is 0.369 e. The minimum absolute atomic E-state index is 0.103. The Kier molecular flexibility index (Phi) is 5.87. The van der Waals surface area contributed by atoms with Gasteiger partial charge in [0.1, 0.15) is 10.8 Å². The normalized spacial score (nSPS) is 14.8. The summed E-state index contributed by atoms with van der Waals surface area (Å²) in [5.41, 5.74) is 3.52. The molecular weight excluding hydrogens is 387 g/mol. The molecule has 1 aliphatic rings. The summed E-state index contributed by atoms with van der Waals surface area (Å²) in [6.45, 7) is 4.16. The maximum absolute atomic E-state index is 13.1. The van der Waals surface area contributed by atoms with Crippen molar-refractivity contribution < 1.29 is 9.18 Å². The summed E-state index contributed by atoms with van der Waals surface area (Å²) in [6, 6.07) is 14.2. The molecule has 0 atom stereocenters. The molecule has 4 rings (SSSR count). The fourth-order valence-electron chi connectivity index (χ4n) is 3.30. The first kappa shape index (κ1) is 19.5. The Morgan fingerprint density at radius 1 is 1.07 bits per heavy atom. The van der Waals surface area contributed by atoms with Gasteiger partial charge < -0.3 is 15.1 Å². The van der Waals surface area contributed by atoms with Crippen molar-refractivity contribution >= 4 is 28.6 Å². The number of carbonyl (C=O) groups is 1. The van der Waals surface area contributed by atoms with E-state index in [9.17, 15) is 9.18 Å². The fraction of sp³-hybridized carbons (Fsp3) is 0.273. The average Bonchev–Trinajstić information content (AvgIpc) is 3.18. The highest BCUT2D eigenvalue weighted by atomic mass is 32.1. The highest BCUT2D eigenvalue weighted by Crippen LogP contribution is 2.24. The predicted molar refractivity (Wildman–Crippen MR) is 116 cm³/mol. The number of aromatic nitrogens is 1. The molecule has 3 aromatic rings. The number of nitrogens with one attached hydrogen (secondary N) is 1. The third-order valence-corrected chi connectivity index (χ3v) is 5.94. The number of amides is 1. The van der Waals surface area contributed by atoms with E-state index >= 15 is 0 Å². The lowest BCUT2D eigenvalue weighted by atomic mass is 10.2. The van der Waals surface area contributed by atoms with Crippen LogP contribution in [0, 0.1) is 5.82 Å². The Hall–Kier alpha value is -2.77. The van der Waals surface area contributed by atoms with Crippen LogP contribution in [0.15, 0.2) is 53.9 Å². The Bertz CT molecular complexity index is 963. The highest BCUT2D eigenvalue weighted by Gasteiger charge is 2.14. The van der Waals surface area contributed by atoms with Crippen molar-refractivity contribution in [2.24, 2.45) is 0 Å². The third-order valence-electron chi connectivity index (χ3n) is 5.00. The molecule has 1 aromatic heterocycles. The number of anilines is 2. The number of carbonyl (C=O) groups excluding carboxylic acids is 1. The van der Waals surface area contributed by atoms with Crippen molar-refractivity contribution in [2.45, 2.75) is 6.42 Å². The predicted octanol–water partition coefficient (Wildman–Crippen LogP) is 3.88. The summed E-state index contributed by atoms with van der Waals surface area (Å²) in [5.74, 6) is -0.378. The van der Waals surface area contributed by atoms with E-state index in [1.807, 2.05) is 17.5 Å². The van der Waals surface area contributed by atoms with Crippen molar-refractivity contribution in [3.63, 3.8) is 0 Å². The lowest BCUT2D eigenvalue weighted by molar-refractivity contribution is -0.115. The summed E-state index contributed by atoms with van der Waals surface area (Å²) in [6.07, 6.45) is 0.206. The Morgan fingerprint density at radius 2 is 1.76 bits per heavy atom. The van der Waals surface area contributed by atoms with Crippen LogP contribution in [0.3, 0.4) is 0 Å².